The molecular weight excluding hydrogens is 256 g/mol. The van der Waals surface area contributed by atoms with Crippen LogP contribution in [-0.2, 0) is 0 Å². The molecule has 2 unspecified atom stereocenters. The van der Waals surface area contributed by atoms with Gasteiger partial charge in [-0.1, -0.05) is 50.1 Å². The van der Waals surface area contributed by atoms with E-state index in [1.807, 2.05) is 12.1 Å². The molecule has 0 saturated carbocycles. The number of halogens is 1. The van der Waals surface area contributed by atoms with Gasteiger partial charge in [0.2, 0.25) is 0 Å². The highest BCUT2D eigenvalue weighted by atomic mass is 35.5. The van der Waals surface area contributed by atoms with Crippen molar-refractivity contribution in [2.24, 2.45) is 0 Å². The molecule has 0 saturated heterocycles. The summed E-state index contributed by atoms with van der Waals surface area (Å²) in [5.74, 6) is 0. The van der Waals surface area contributed by atoms with Crippen molar-refractivity contribution >= 4 is 11.6 Å². The number of nitrogens with one attached hydrogen (secondary N) is 1. The quantitative estimate of drug-likeness (QED) is 0.772. The lowest BCUT2D eigenvalue weighted by molar-refractivity contribution is 0.171. The smallest absolute Gasteiger partial charge is 0.0453 e. The lowest BCUT2D eigenvalue weighted by atomic mass is 10.0. The monoisotopic (exact) mass is 282 g/mol. The van der Waals surface area contributed by atoms with Crippen molar-refractivity contribution in [1.29, 1.82) is 0 Å². The Hall–Kier alpha value is -0.570. The Labute approximate surface area is 123 Å². The molecular formula is C16H27ClN2. The molecule has 19 heavy (non-hydrogen) atoms. The summed E-state index contributed by atoms with van der Waals surface area (Å²) in [7, 11) is 2.20. The van der Waals surface area contributed by atoms with Crippen molar-refractivity contribution in [3.8, 4) is 0 Å². The third-order valence-electron chi connectivity index (χ3n) is 3.79. The highest BCUT2D eigenvalue weighted by Crippen LogP contribution is 2.28. The van der Waals surface area contributed by atoms with E-state index in [1.54, 1.807) is 0 Å². The molecule has 0 radical (unpaired) electrons. The van der Waals surface area contributed by atoms with E-state index < -0.39 is 0 Å². The van der Waals surface area contributed by atoms with Crippen LogP contribution in [0.25, 0.3) is 0 Å². The molecule has 1 rings (SSSR count). The van der Waals surface area contributed by atoms with Crippen molar-refractivity contribution in [2.75, 3.05) is 20.1 Å². The SMILES string of the molecule is CCCC(CNCC)N(C)C(C)c1ccccc1Cl. The van der Waals surface area contributed by atoms with Crippen molar-refractivity contribution < 1.29 is 0 Å². The lowest BCUT2D eigenvalue weighted by Crippen LogP contribution is -2.41. The minimum atomic E-state index is 0.337. The third kappa shape index (κ3) is 4.79. The number of rotatable bonds is 8. The van der Waals surface area contributed by atoms with Crippen LogP contribution < -0.4 is 5.32 Å². The Morgan fingerprint density at radius 2 is 1.95 bits per heavy atom. The first-order valence-corrected chi connectivity index (χ1v) is 7.66. The highest BCUT2D eigenvalue weighted by Gasteiger charge is 2.21. The van der Waals surface area contributed by atoms with Gasteiger partial charge in [-0.3, -0.25) is 4.90 Å². The standard InChI is InChI=1S/C16H27ClN2/c1-5-9-14(12-18-6-2)19(4)13(3)15-10-7-8-11-16(15)17/h7-8,10-11,13-14,18H,5-6,9,12H2,1-4H3. The van der Waals surface area contributed by atoms with Gasteiger partial charge in [0.15, 0.2) is 0 Å². The van der Waals surface area contributed by atoms with Crippen molar-refractivity contribution in [1.82, 2.24) is 10.2 Å². The molecule has 2 nitrogen and oxygen atoms in total. The predicted octanol–water partition coefficient (Wildman–Crippen LogP) is 4.11. The molecule has 0 heterocycles. The molecule has 0 aliphatic carbocycles. The molecule has 0 spiro atoms. The molecule has 0 bridgehead atoms. The average molecular weight is 283 g/mol. The lowest BCUT2D eigenvalue weighted by Gasteiger charge is -2.34. The van der Waals surface area contributed by atoms with Gasteiger partial charge in [0, 0.05) is 23.7 Å². The second kappa shape index (κ2) is 8.57. The third-order valence-corrected chi connectivity index (χ3v) is 4.14. The van der Waals surface area contributed by atoms with Gasteiger partial charge in [0.25, 0.3) is 0 Å². The summed E-state index contributed by atoms with van der Waals surface area (Å²) in [6.07, 6.45) is 2.41. The highest BCUT2D eigenvalue weighted by molar-refractivity contribution is 6.31. The number of likely N-dealkylation sites (N-methyl/N-ethyl adjacent to an activating group) is 2. The topological polar surface area (TPSA) is 15.3 Å². The van der Waals surface area contributed by atoms with Crippen molar-refractivity contribution in [2.45, 2.75) is 45.7 Å². The van der Waals surface area contributed by atoms with Gasteiger partial charge < -0.3 is 5.32 Å². The van der Waals surface area contributed by atoms with Gasteiger partial charge in [0.1, 0.15) is 0 Å². The van der Waals surface area contributed by atoms with Gasteiger partial charge in [-0.25, -0.2) is 0 Å². The average Bonchev–Trinajstić information content (AvgIpc) is 2.42. The molecule has 1 aromatic carbocycles. The Balaban J connectivity index is 2.77. The fraction of sp³-hybridized carbons (Fsp3) is 0.625. The van der Waals surface area contributed by atoms with Crippen LogP contribution in [-0.4, -0.2) is 31.1 Å². The van der Waals surface area contributed by atoms with Gasteiger partial charge in [-0.15, -0.1) is 0 Å². The normalized spacial score (nSPS) is 14.6. The number of hydrogen-bond acceptors (Lipinski definition) is 2. The van der Waals surface area contributed by atoms with Crippen LogP contribution in [0.2, 0.25) is 5.02 Å². The van der Waals surface area contributed by atoms with Crippen LogP contribution in [0.5, 0.6) is 0 Å². The molecule has 0 aliphatic rings. The van der Waals surface area contributed by atoms with E-state index in [4.69, 9.17) is 11.6 Å². The van der Waals surface area contributed by atoms with E-state index in [9.17, 15) is 0 Å². The summed E-state index contributed by atoms with van der Waals surface area (Å²) >= 11 is 6.31. The van der Waals surface area contributed by atoms with Crippen molar-refractivity contribution in [3.63, 3.8) is 0 Å². The van der Waals surface area contributed by atoms with E-state index in [-0.39, 0.29) is 0 Å². The van der Waals surface area contributed by atoms with Gasteiger partial charge >= 0.3 is 0 Å². The summed E-state index contributed by atoms with van der Waals surface area (Å²) in [6.45, 7) is 8.69. The molecule has 0 fully saturated rings. The molecule has 1 aromatic rings. The second-order valence-corrected chi connectivity index (χ2v) is 5.52. The Morgan fingerprint density at radius 3 is 2.53 bits per heavy atom. The van der Waals surface area contributed by atoms with Gasteiger partial charge in [-0.05, 0) is 38.6 Å². The Morgan fingerprint density at radius 1 is 1.26 bits per heavy atom. The molecule has 1 N–H and O–H groups in total. The molecule has 108 valence electrons. The van der Waals surface area contributed by atoms with Crippen LogP contribution in [0.1, 0.15) is 45.2 Å². The number of nitrogens with zero attached hydrogens (tertiary/aromatic N) is 1. The summed E-state index contributed by atoms with van der Waals surface area (Å²) in [5.41, 5.74) is 1.21. The van der Waals surface area contributed by atoms with Crippen LogP contribution in [0.15, 0.2) is 24.3 Å². The Kier molecular flexibility index (Phi) is 7.44. The maximum atomic E-state index is 6.31. The van der Waals surface area contributed by atoms with Crippen LogP contribution in [0, 0.1) is 0 Å². The zero-order valence-electron chi connectivity index (χ0n) is 12.6. The first-order valence-electron chi connectivity index (χ1n) is 7.28. The zero-order valence-corrected chi connectivity index (χ0v) is 13.4. The van der Waals surface area contributed by atoms with E-state index in [2.05, 4.69) is 50.2 Å². The molecule has 3 heteroatoms. The second-order valence-electron chi connectivity index (χ2n) is 5.11. The number of benzene rings is 1. The first kappa shape index (κ1) is 16.5. The van der Waals surface area contributed by atoms with E-state index in [0.29, 0.717) is 12.1 Å². The van der Waals surface area contributed by atoms with Crippen LogP contribution in [0.3, 0.4) is 0 Å². The Bertz CT molecular complexity index is 368. The van der Waals surface area contributed by atoms with Crippen LogP contribution >= 0.6 is 11.6 Å². The van der Waals surface area contributed by atoms with E-state index >= 15 is 0 Å². The molecule has 0 aromatic heterocycles. The summed E-state index contributed by atoms with van der Waals surface area (Å²) in [6, 6.07) is 9.03. The number of hydrogen-bond donors (Lipinski definition) is 1. The minimum absolute atomic E-state index is 0.337. The summed E-state index contributed by atoms with van der Waals surface area (Å²) in [5, 5.41) is 4.32. The maximum Gasteiger partial charge on any atom is 0.0453 e. The molecule has 0 amide bonds. The fourth-order valence-electron chi connectivity index (χ4n) is 2.44. The fourth-order valence-corrected chi connectivity index (χ4v) is 2.74. The summed E-state index contributed by atoms with van der Waals surface area (Å²) < 4.78 is 0. The molecule has 2 atom stereocenters. The minimum Gasteiger partial charge on any atom is -0.315 e. The van der Waals surface area contributed by atoms with Crippen LogP contribution in [0.4, 0.5) is 0 Å². The van der Waals surface area contributed by atoms with Crippen molar-refractivity contribution in [3.05, 3.63) is 34.9 Å². The summed E-state index contributed by atoms with van der Waals surface area (Å²) in [4.78, 5) is 2.44. The largest absolute Gasteiger partial charge is 0.315 e. The predicted molar refractivity (Wildman–Crippen MR) is 84.9 cm³/mol. The zero-order chi connectivity index (χ0) is 14.3. The van der Waals surface area contributed by atoms with E-state index in [1.165, 1.54) is 18.4 Å². The first-order chi connectivity index (χ1) is 9.11. The van der Waals surface area contributed by atoms with Gasteiger partial charge in [0.05, 0.1) is 0 Å². The molecule has 0 aliphatic heterocycles. The maximum absolute atomic E-state index is 6.31. The van der Waals surface area contributed by atoms with Gasteiger partial charge in [-0.2, -0.15) is 0 Å². The van der Waals surface area contributed by atoms with E-state index in [0.717, 1.165) is 18.1 Å².